The molecule has 1 N–H and O–H groups in total. The Hall–Kier alpha value is -1.95. The zero-order valence-corrected chi connectivity index (χ0v) is 15.7. The van der Waals surface area contributed by atoms with Gasteiger partial charge in [0.1, 0.15) is 6.10 Å². The molecule has 142 valence electrons. The summed E-state index contributed by atoms with van der Waals surface area (Å²) in [7, 11) is 0. The minimum atomic E-state index is -0.917. The molecule has 0 unspecified atom stereocenters. The molecule has 0 bridgehead atoms. The van der Waals surface area contributed by atoms with Crippen LogP contribution in [0.2, 0.25) is 0 Å². The van der Waals surface area contributed by atoms with Gasteiger partial charge in [-0.25, -0.2) is 0 Å². The highest BCUT2D eigenvalue weighted by molar-refractivity contribution is 5.81. The molecule has 0 aromatic carbocycles. The van der Waals surface area contributed by atoms with E-state index in [0.717, 1.165) is 31.4 Å². The minimum absolute atomic E-state index is 0.0680. The van der Waals surface area contributed by atoms with Crippen molar-refractivity contribution in [1.29, 1.82) is 0 Å². The highest BCUT2D eigenvalue weighted by atomic mass is 16.3. The van der Waals surface area contributed by atoms with E-state index in [1.807, 2.05) is 30.9 Å². The van der Waals surface area contributed by atoms with Crippen LogP contribution >= 0.6 is 0 Å². The number of pyridine rings is 1. The number of nitrogens with zero attached hydrogens (tertiary/aromatic N) is 3. The van der Waals surface area contributed by atoms with Crippen molar-refractivity contribution in [3.63, 3.8) is 0 Å². The number of rotatable bonds is 4. The van der Waals surface area contributed by atoms with Crippen molar-refractivity contribution in [3.8, 4) is 0 Å². The van der Waals surface area contributed by atoms with E-state index >= 15 is 0 Å². The summed E-state index contributed by atoms with van der Waals surface area (Å²) in [6.45, 7) is 6.43. The smallest absolute Gasteiger partial charge is 0.251 e. The predicted molar refractivity (Wildman–Crippen MR) is 98.0 cm³/mol. The number of aliphatic hydroxyl groups is 1. The molecule has 0 saturated carbocycles. The molecule has 3 heterocycles. The Bertz CT molecular complexity index is 639. The summed E-state index contributed by atoms with van der Waals surface area (Å²) in [6, 6.07) is 3.90. The fourth-order valence-corrected chi connectivity index (χ4v) is 4.04. The second-order valence-electron chi connectivity index (χ2n) is 8.12. The van der Waals surface area contributed by atoms with E-state index in [9.17, 15) is 14.7 Å². The lowest BCUT2D eigenvalue weighted by molar-refractivity contribution is -0.148. The average Bonchev–Trinajstić information content (AvgIpc) is 2.65. The molecule has 1 atom stereocenters. The van der Waals surface area contributed by atoms with Gasteiger partial charge in [0.25, 0.3) is 5.91 Å². The van der Waals surface area contributed by atoms with E-state index in [1.165, 1.54) is 0 Å². The largest absolute Gasteiger partial charge is 0.383 e. The Labute approximate surface area is 155 Å². The fraction of sp³-hybridized carbons (Fsp3) is 0.650. The van der Waals surface area contributed by atoms with Crippen LogP contribution in [-0.2, 0) is 16.1 Å². The standard InChI is InChI=1S/C20H29N3O3/c1-15(2)18(25)19(26)22-11-7-20(8-12-22)6-3-17(24)23(14-20)13-16-4-9-21-10-5-16/h4-5,9-10,15,18,25H,3,6-8,11-14H2,1-2H3/t18-/m1/s1. The Morgan fingerprint density at radius 1 is 1.23 bits per heavy atom. The molecule has 2 amide bonds. The summed E-state index contributed by atoms with van der Waals surface area (Å²) >= 11 is 0. The lowest BCUT2D eigenvalue weighted by Crippen LogP contribution is -2.53. The molecule has 0 radical (unpaired) electrons. The normalized spacial score (nSPS) is 21.3. The summed E-state index contributed by atoms with van der Waals surface area (Å²) in [5, 5.41) is 10.0. The van der Waals surface area contributed by atoms with E-state index in [4.69, 9.17) is 0 Å². The van der Waals surface area contributed by atoms with Gasteiger partial charge in [0, 0.05) is 45.0 Å². The second-order valence-corrected chi connectivity index (χ2v) is 8.12. The molecular formula is C20H29N3O3. The Balaban J connectivity index is 1.61. The van der Waals surface area contributed by atoms with Crippen LogP contribution in [-0.4, -0.2) is 57.4 Å². The topological polar surface area (TPSA) is 73.7 Å². The number of piperidine rings is 2. The summed E-state index contributed by atoms with van der Waals surface area (Å²) in [4.78, 5) is 32.5. The Morgan fingerprint density at radius 2 is 1.88 bits per heavy atom. The van der Waals surface area contributed by atoms with Crippen molar-refractivity contribution >= 4 is 11.8 Å². The van der Waals surface area contributed by atoms with Gasteiger partial charge in [0.15, 0.2) is 0 Å². The number of likely N-dealkylation sites (tertiary alicyclic amines) is 2. The maximum atomic E-state index is 12.4. The molecule has 2 aliphatic heterocycles. The Kier molecular flexibility index (Phi) is 5.61. The zero-order chi connectivity index (χ0) is 18.7. The van der Waals surface area contributed by atoms with Crippen LogP contribution in [0, 0.1) is 11.3 Å². The molecular weight excluding hydrogens is 330 g/mol. The van der Waals surface area contributed by atoms with Crippen LogP contribution in [0.1, 0.15) is 45.1 Å². The molecule has 1 aromatic heterocycles. The fourth-order valence-electron chi connectivity index (χ4n) is 4.04. The molecule has 2 aliphatic rings. The van der Waals surface area contributed by atoms with Gasteiger partial charge >= 0.3 is 0 Å². The van der Waals surface area contributed by atoms with E-state index in [1.54, 1.807) is 17.3 Å². The average molecular weight is 359 g/mol. The summed E-state index contributed by atoms with van der Waals surface area (Å²) in [5.74, 6) is -0.0157. The van der Waals surface area contributed by atoms with E-state index in [0.29, 0.717) is 26.1 Å². The van der Waals surface area contributed by atoms with Crippen LogP contribution in [0.15, 0.2) is 24.5 Å². The van der Waals surface area contributed by atoms with Gasteiger partial charge in [-0.2, -0.15) is 0 Å². The van der Waals surface area contributed by atoms with Crippen LogP contribution < -0.4 is 0 Å². The summed E-state index contributed by atoms with van der Waals surface area (Å²) in [5.41, 5.74) is 1.19. The zero-order valence-electron chi connectivity index (χ0n) is 15.7. The minimum Gasteiger partial charge on any atom is -0.383 e. The number of aliphatic hydroxyl groups excluding tert-OH is 1. The van der Waals surface area contributed by atoms with Crippen molar-refractivity contribution in [2.45, 2.75) is 52.2 Å². The van der Waals surface area contributed by atoms with Gasteiger partial charge in [0.05, 0.1) is 0 Å². The molecule has 6 heteroatoms. The molecule has 0 aliphatic carbocycles. The van der Waals surface area contributed by atoms with Gasteiger partial charge in [-0.3, -0.25) is 14.6 Å². The third-order valence-electron chi connectivity index (χ3n) is 5.89. The van der Waals surface area contributed by atoms with Crippen molar-refractivity contribution in [3.05, 3.63) is 30.1 Å². The van der Waals surface area contributed by atoms with Crippen LogP contribution in [0.25, 0.3) is 0 Å². The number of aromatic nitrogens is 1. The number of amides is 2. The van der Waals surface area contributed by atoms with Gasteiger partial charge in [-0.15, -0.1) is 0 Å². The molecule has 1 spiro atoms. The predicted octanol–water partition coefficient (Wildman–Crippen LogP) is 1.83. The van der Waals surface area contributed by atoms with Gasteiger partial charge in [-0.1, -0.05) is 13.8 Å². The first-order valence-electron chi connectivity index (χ1n) is 9.54. The van der Waals surface area contributed by atoms with Crippen molar-refractivity contribution in [2.24, 2.45) is 11.3 Å². The third kappa shape index (κ3) is 4.06. The molecule has 3 rings (SSSR count). The van der Waals surface area contributed by atoms with Crippen molar-refractivity contribution < 1.29 is 14.7 Å². The van der Waals surface area contributed by atoms with Crippen LogP contribution in [0.4, 0.5) is 0 Å². The highest BCUT2D eigenvalue weighted by Crippen LogP contribution is 2.40. The SMILES string of the molecule is CC(C)[C@@H](O)C(=O)N1CCC2(CCC(=O)N(Cc3ccncc3)C2)CC1. The quantitative estimate of drug-likeness (QED) is 0.890. The van der Waals surface area contributed by atoms with Gasteiger partial charge in [-0.05, 0) is 48.3 Å². The van der Waals surface area contributed by atoms with Crippen molar-refractivity contribution in [2.75, 3.05) is 19.6 Å². The molecule has 2 fully saturated rings. The first-order chi connectivity index (χ1) is 12.4. The number of carbonyl (C=O) groups excluding carboxylic acids is 2. The van der Waals surface area contributed by atoms with Crippen molar-refractivity contribution in [1.82, 2.24) is 14.8 Å². The molecule has 6 nitrogen and oxygen atoms in total. The van der Waals surface area contributed by atoms with Gasteiger partial charge < -0.3 is 14.9 Å². The molecule has 2 saturated heterocycles. The van der Waals surface area contributed by atoms with Crippen LogP contribution in [0.3, 0.4) is 0 Å². The maximum Gasteiger partial charge on any atom is 0.251 e. The first kappa shape index (κ1) is 18.8. The number of carbonyl (C=O) groups is 2. The van der Waals surface area contributed by atoms with E-state index < -0.39 is 6.10 Å². The highest BCUT2D eigenvalue weighted by Gasteiger charge is 2.42. The Morgan fingerprint density at radius 3 is 2.50 bits per heavy atom. The third-order valence-corrected chi connectivity index (χ3v) is 5.89. The number of hydrogen-bond acceptors (Lipinski definition) is 4. The lowest BCUT2D eigenvalue weighted by Gasteiger charge is -2.47. The first-order valence-corrected chi connectivity index (χ1v) is 9.54. The molecule has 1 aromatic rings. The monoisotopic (exact) mass is 359 g/mol. The lowest BCUT2D eigenvalue weighted by atomic mass is 9.72. The van der Waals surface area contributed by atoms with Crippen LogP contribution in [0.5, 0.6) is 0 Å². The molecule has 26 heavy (non-hydrogen) atoms. The summed E-state index contributed by atoms with van der Waals surface area (Å²) in [6.07, 6.45) is 5.85. The van der Waals surface area contributed by atoms with E-state index in [-0.39, 0.29) is 23.1 Å². The summed E-state index contributed by atoms with van der Waals surface area (Å²) < 4.78 is 0. The second kappa shape index (κ2) is 7.74. The maximum absolute atomic E-state index is 12.4. The van der Waals surface area contributed by atoms with E-state index in [2.05, 4.69) is 4.98 Å². The van der Waals surface area contributed by atoms with Gasteiger partial charge in [0.2, 0.25) is 5.91 Å². The number of hydrogen-bond donors (Lipinski definition) is 1.